The number of aromatic nitrogens is 4. The van der Waals surface area contributed by atoms with Crippen molar-refractivity contribution >= 4 is 26.6 Å². The third kappa shape index (κ3) is 2.74. The number of halogens is 2. The van der Waals surface area contributed by atoms with Crippen LogP contribution in [0, 0.1) is 18.6 Å². The van der Waals surface area contributed by atoms with E-state index in [0.717, 1.165) is 39.9 Å². The molecule has 1 aliphatic carbocycles. The molecule has 0 saturated carbocycles. The van der Waals surface area contributed by atoms with Crippen LogP contribution in [0.25, 0.3) is 27.7 Å². The van der Waals surface area contributed by atoms with E-state index in [-0.39, 0.29) is 5.52 Å². The number of rotatable bonds is 2. The summed E-state index contributed by atoms with van der Waals surface area (Å²) in [6.45, 7) is 5.74. The molecule has 0 saturated heterocycles. The highest BCUT2D eigenvalue weighted by molar-refractivity contribution is 7.89. The Balaban J connectivity index is 1.75. The molecular weight excluding hydrogens is 460 g/mol. The van der Waals surface area contributed by atoms with Gasteiger partial charge >= 0.3 is 0 Å². The highest BCUT2D eigenvalue weighted by atomic mass is 32.2. The lowest BCUT2D eigenvalue weighted by atomic mass is 9.89. The maximum Gasteiger partial charge on any atom is 0.236 e. The first-order valence-corrected chi connectivity index (χ1v) is 12.9. The minimum absolute atomic E-state index is 0.182. The first kappa shape index (κ1) is 21.3. The maximum atomic E-state index is 16.6. The second-order valence-corrected chi connectivity index (χ2v) is 11.5. The molecule has 7 nitrogen and oxygen atoms in total. The van der Waals surface area contributed by atoms with Gasteiger partial charge in [0.2, 0.25) is 10.0 Å². The van der Waals surface area contributed by atoms with Crippen molar-refractivity contribution in [1.82, 2.24) is 18.7 Å². The molecule has 2 aromatic carbocycles. The fourth-order valence-corrected chi connectivity index (χ4v) is 6.30. The fourth-order valence-electron chi connectivity index (χ4n) is 5.51. The molecule has 0 spiro atoms. The minimum Gasteiger partial charge on any atom is -0.371 e. The van der Waals surface area contributed by atoms with Gasteiger partial charge in [0.05, 0.1) is 23.0 Å². The van der Waals surface area contributed by atoms with Crippen molar-refractivity contribution in [1.29, 1.82) is 0 Å². The van der Waals surface area contributed by atoms with Gasteiger partial charge in [-0.15, -0.1) is 10.2 Å². The molecule has 3 heterocycles. The molecule has 2 aromatic heterocycles. The summed E-state index contributed by atoms with van der Waals surface area (Å²) >= 11 is 0. The van der Waals surface area contributed by atoms with E-state index in [2.05, 4.69) is 15.5 Å². The summed E-state index contributed by atoms with van der Waals surface area (Å²) in [4.78, 5) is 0. The van der Waals surface area contributed by atoms with Crippen molar-refractivity contribution < 1.29 is 17.2 Å². The zero-order valence-electron chi connectivity index (χ0n) is 19.2. The number of nitrogens with zero attached hydrogens (tertiary/aromatic N) is 4. The second-order valence-electron chi connectivity index (χ2n) is 9.64. The molecule has 0 amide bonds. The van der Waals surface area contributed by atoms with Crippen molar-refractivity contribution in [2.75, 3.05) is 11.6 Å². The van der Waals surface area contributed by atoms with Crippen LogP contribution in [-0.2, 0) is 28.4 Å². The first-order chi connectivity index (χ1) is 16.0. The van der Waals surface area contributed by atoms with Gasteiger partial charge in [-0.2, -0.15) is 0 Å². The summed E-state index contributed by atoms with van der Waals surface area (Å²) in [5, 5.41) is 12.4. The molecule has 1 aliphatic heterocycles. The Hall–Kier alpha value is -3.27. The number of aryl methyl sites for hydroxylation is 1. The van der Waals surface area contributed by atoms with E-state index in [1.807, 2.05) is 13.8 Å². The minimum atomic E-state index is -3.66. The number of nitrogens with one attached hydrogen (secondary N) is 1. The van der Waals surface area contributed by atoms with Gasteiger partial charge in [-0.05, 0) is 74.9 Å². The van der Waals surface area contributed by atoms with Gasteiger partial charge in [0.15, 0.2) is 11.6 Å². The van der Waals surface area contributed by atoms with Gasteiger partial charge in [-0.3, -0.25) is 4.57 Å². The first-order valence-electron chi connectivity index (χ1n) is 11.1. The highest BCUT2D eigenvalue weighted by Crippen LogP contribution is 2.49. The second kappa shape index (κ2) is 6.65. The topological polar surface area (TPSA) is 81.8 Å². The molecule has 0 atom stereocenters. The van der Waals surface area contributed by atoms with Crippen LogP contribution in [0.1, 0.15) is 43.0 Å². The quantitative estimate of drug-likeness (QED) is 0.456. The van der Waals surface area contributed by atoms with Crippen molar-refractivity contribution in [3.63, 3.8) is 0 Å². The number of benzene rings is 2. The van der Waals surface area contributed by atoms with E-state index in [4.69, 9.17) is 0 Å². The Morgan fingerprint density at radius 2 is 1.85 bits per heavy atom. The Labute approximate surface area is 195 Å². The molecule has 0 unspecified atom stereocenters. The number of anilines is 1. The Bertz CT molecular complexity index is 1650. The zero-order valence-corrected chi connectivity index (χ0v) is 20.0. The highest BCUT2D eigenvalue weighted by Gasteiger charge is 2.40. The van der Waals surface area contributed by atoms with Crippen LogP contribution < -0.4 is 5.32 Å². The van der Waals surface area contributed by atoms with Crippen LogP contribution in [0.3, 0.4) is 0 Å². The Morgan fingerprint density at radius 3 is 2.59 bits per heavy atom. The molecule has 0 radical (unpaired) electrons. The fraction of sp³-hybridized carbons (Fsp3) is 0.333. The van der Waals surface area contributed by atoms with Gasteiger partial charge in [-0.1, -0.05) is 0 Å². The van der Waals surface area contributed by atoms with Crippen LogP contribution in [0.15, 0.2) is 24.4 Å². The summed E-state index contributed by atoms with van der Waals surface area (Å²) in [6.07, 6.45) is 4.68. The van der Waals surface area contributed by atoms with E-state index in [0.29, 0.717) is 40.3 Å². The van der Waals surface area contributed by atoms with E-state index in [1.54, 1.807) is 17.6 Å². The molecule has 0 bridgehead atoms. The van der Waals surface area contributed by atoms with E-state index < -0.39 is 27.2 Å². The van der Waals surface area contributed by atoms with Crippen molar-refractivity contribution in [2.24, 2.45) is 0 Å². The molecule has 1 N–H and O–H groups in total. The van der Waals surface area contributed by atoms with Gasteiger partial charge in [0.1, 0.15) is 17.3 Å². The molecule has 34 heavy (non-hydrogen) atoms. The maximum absolute atomic E-state index is 16.6. The molecule has 0 fully saturated rings. The number of fused-ring (bicyclic) bond motifs is 6. The average Bonchev–Trinajstić information content (AvgIpc) is 3.45. The summed E-state index contributed by atoms with van der Waals surface area (Å²) in [6, 6.07) is 4.06. The summed E-state index contributed by atoms with van der Waals surface area (Å²) in [7, 11) is -3.66. The Kier molecular flexibility index (Phi) is 4.16. The molecule has 6 rings (SSSR count). The molecule has 2 aliphatic rings. The van der Waals surface area contributed by atoms with Crippen LogP contribution in [0.2, 0.25) is 0 Å². The predicted octanol–water partition coefficient (Wildman–Crippen LogP) is 4.43. The Morgan fingerprint density at radius 1 is 1.12 bits per heavy atom. The number of hydrogen-bond acceptors (Lipinski definition) is 5. The smallest absolute Gasteiger partial charge is 0.236 e. The SMILES string of the molecule is Cc1nnc2n1-c1c(F)c(-c3cc(F)cc4c3ccn4S(C)(=O)=O)c3c(c1NC2(C)C)CCC3. The summed E-state index contributed by atoms with van der Waals surface area (Å²) in [5.74, 6) is 0.0198. The summed E-state index contributed by atoms with van der Waals surface area (Å²) < 4.78 is 58.7. The van der Waals surface area contributed by atoms with Gasteiger partial charge in [-0.25, -0.2) is 21.2 Å². The van der Waals surface area contributed by atoms with Crippen LogP contribution in [-0.4, -0.2) is 33.4 Å². The van der Waals surface area contributed by atoms with E-state index in [9.17, 15) is 12.8 Å². The van der Waals surface area contributed by atoms with E-state index in [1.165, 1.54) is 18.3 Å². The molecule has 4 aromatic rings. The van der Waals surface area contributed by atoms with Gasteiger partial charge in [0.25, 0.3) is 0 Å². The molecular formula is C24H23F2N5O2S. The third-order valence-electron chi connectivity index (χ3n) is 6.89. The van der Waals surface area contributed by atoms with Crippen molar-refractivity contribution in [3.8, 4) is 16.8 Å². The monoisotopic (exact) mass is 483 g/mol. The molecule has 10 heteroatoms. The van der Waals surface area contributed by atoms with E-state index >= 15 is 4.39 Å². The predicted molar refractivity (Wildman–Crippen MR) is 126 cm³/mol. The number of hydrogen-bond donors (Lipinski definition) is 1. The normalized spacial score (nSPS) is 16.3. The van der Waals surface area contributed by atoms with Crippen LogP contribution in [0.5, 0.6) is 0 Å². The van der Waals surface area contributed by atoms with Crippen LogP contribution >= 0.6 is 0 Å². The largest absolute Gasteiger partial charge is 0.371 e. The lowest BCUT2D eigenvalue weighted by Crippen LogP contribution is -2.37. The lowest BCUT2D eigenvalue weighted by Gasteiger charge is -2.36. The van der Waals surface area contributed by atoms with Gasteiger partial charge in [0, 0.05) is 17.1 Å². The third-order valence-corrected chi connectivity index (χ3v) is 7.93. The lowest BCUT2D eigenvalue weighted by molar-refractivity contribution is 0.521. The summed E-state index contributed by atoms with van der Waals surface area (Å²) in [5.41, 5.74) is 3.14. The zero-order chi connectivity index (χ0) is 24.2. The molecule has 176 valence electrons. The van der Waals surface area contributed by atoms with Crippen molar-refractivity contribution in [2.45, 2.75) is 45.6 Å². The van der Waals surface area contributed by atoms with Crippen LogP contribution in [0.4, 0.5) is 14.5 Å². The van der Waals surface area contributed by atoms with Crippen molar-refractivity contribution in [3.05, 3.63) is 58.8 Å². The average molecular weight is 484 g/mol. The standard InChI is InChI=1S/C24H23F2N5O2S/c1-12-28-29-23-24(2,3)27-21-16-7-5-6-15(16)19(20(26)22(21)31(12)23)17-10-13(25)11-18-14(17)8-9-30(18)34(4,32)33/h8-11,27H,5-7H2,1-4H3. The van der Waals surface area contributed by atoms with Gasteiger partial charge < -0.3 is 5.32 Å².